The molecule has 0 aliphatic rings. The first-order valence-electron chi connectivity index (χ1n) is 7.79. The van der Waals surface area contributed by atoms with Crippen molar-refractivity contribution in [3.8, 4) is 0 Å². The standard InChI is InChI=1S/C20H16N2OS/c1-13-11-14(2)18-16(12-13)22-19(23)17(24-20(22)21-18)10-6-9-15-7-4-3-5-8-15/h3-12H,1-2H3/b9-6-,17-10+. The Morgan fingerprint density at radius 2 is 1.92 bits per heavy atom. The van der Waals surface area contributed by atoms with Gasteiger partial charge >= 0.3 is 0 Å². The van der Waals surface area contributed by atoms with E-state index < -0.39 is 0 Å². The third-order valence-corrected chi connectivity index (χ3v) is 5.00. The van der Waals surface area contributed by atoms with Crippen LogP contribution in [0.2, 0.25) is 0 Å². The van der Waals surface area contributed by atoms with Crippen LogP contribution in [0.4, 0.5) is 0 Å². The van der Waals surface area contributed by atoms with E-state index in [1.165, 1.54) is 11.3 Å². The first kappa shape index (κ1) is 14.8. The van der Waals surface area contributed by atoms with Crippen molar-refractivity contribution in [3.63, 3.8) is 0 Å². The fourth-order valence-corrected chi connectivity index (χ4v) is 3.87. The highest BCUT2D eigenvalue weighted by molar-refractivity contribution is 7.15. The van der Waals surface area contributed by atoms with Crippen LogP contribution in [0.25, 0.3) is 28.1 Å². The SMILES string of the molecule is Cc1cc(C)c2nc3s/c(=C/C=C\c4ccccc4)c(=O)n3c2c1. The zero-order chi connectivity index (χ0) is 16.7. The van der Waals surface area contributed by atoms with E-state index in [0.717, 1.165) is 32.7 Å². The second-order valence-electron chi connectivity index (χ2n) is 5.89. The zero-order valence-electron chi connectivity index (χ0n) is 13.5. The molecule has 4 rings (SSSR count). The molecule has 2 aromatic carbocycles. The molecule has 2 aromatic heterocycles. The number of allylic oxidation sites excluding steroid dienone is 1. The molecule has 0 spiro atoms. The van der Waals surface area contributed by atoms with E-state index in [0.29, 0.717) is 4.53 Å². The van der Waals surface area contributed by atoms with Crippen LogP contribution in [0.15, 0.2) is 53.3 Å². The molecule has 0 fully saturated rings. The minimum Gasteiger partial charge on any atom is -0.267 e. The van der Waals surface area contributed by atoms with Gasteiger partial charge in [-0.25, -0.2) is 9.38 Å². The summed E-state index contributed by atoms with van der Waals surface area (Å²) >= 11 is 1.43. The van der Waals surface area contributed by atoms with E-state index in [-0.39, 0.29) is 5.56 Å². The highest BCUT2D eigenvalue weighted by Gasteiger charge is 2.12. The van der Waals surface area contributed by atoms with Gasteiger partial charge in [-0.05, 0) is 42.7 Å². The highest BCUT2D eigenvalue weighted by Crippen LogP contribution is 2.21. The summed E-state index contributed by atoms with van der Waals surface area (Å²) in [4.78, 5) is 18.1. The second-order valence-corrected chi connectivity index (χ2v) is 6.90. The van der Waals surface area contributed by atoms with E-state index in [9.17, 15) is 4.79 Å². The first-order chi connectivity index (χ1) is 11.6. The molecule has 4 heteroatoms. The van der Waals surface area contributed by atoms with E-state index >= 15 is 0 Å². The topological polar surface area (TPSA) is 34.4 Å². The Hall–Kier alpha value is -2.72. The predicted octanol–water partition coefficient (Wildman–Crippen LogP) is 3.74. The molecule has 3 nitrogen and oxygen atoms in total. The Labute approximate surface area is 143 Å². The van der Waals surface area contributed by atoms with Crippen LogP contribution in [-0.4, -0.2) is 9.38 Å². The molecule has 4 aromatic rings. The van der Waals surface area contributed by atoms with Gasteiger partial charge in [0.05, 0.1) is 15.6 Å². The minimum atomic E-state index is 0.000196. The molecule has 0 aliphatic heterocycles. The van der Waals surface area contributed by atoms with Crippen LogP contribution in [0.5, 0.6) is 0 Å². The lowest BCUT2D eigenvalue weighted by atomic mass is 10.1. The van der Waals surface area contributed by atoms with E-state index in [1.807, 2.05) is 68.5 Å². The number of thiazole rings is 1. The molecule has 0 atom stereocenters. The van der Waals surface area contributed by atoms with E-state index in [4.69, 9.17) is 0 Å². The van der Waals surface area contributed by atoms with Crippen molar-refractivity contribution >= 4 is 39.5 Å². The summed E-state index contributed by atoms with van der Waals surface area (Å²) in [6.45, 7) is 4.07. The summed E-state index contributed by atoms with van der Waals surface area (Å²) < 4.78 is 2.42. The summed E-state index contributed by atoms with van der Waals surface area (Å²) in [5, 5.41) is 0. The molecule has 0 unspecified atom stereocenters. The number of nitrogens with zero attached hydrogens (tertiary/aromatic N) is 2. The molecule has 2 heterocycles. The summed E-state index contributed by atoms with van der Waals surface area (Å²) in [6, 6.07) is 14.2. The lowest BCUT2D eigenvalue weighted by Gasteiger charge is -1.97. The minimum absolute atomic E-state index is 0.000196. The Bertz CT molecular complexity index is 1180. The first-order valence-corrected chi connectivity index (χ1v) is 8.61. The smallest absolute Gasteiger partial charge is 0.267 e. The van der Waals surface area contributed by atoms with Crippen LogP contribution in [0.1, 0.15) is 16.7 Å². The Balaban J connectivity index is 1.86. The van der Waals surface area contributed by atoms with Crippen molar-refractivity contribution in [1.82, 2.24) is 9.38 Å². The van der Waals surface area contributed by atoms with Gasteiger partial charge in [-0.1, -0.05) is 59.9 Å². The number of rotatable bonds is 2. The molecule has 0 amide bonds. The molecule has 0 N–H and O–H groups in total. The third-order valence-electron chi connectivity index (χ3n) is 4.02. The molecule has 0 saturated heterocycles. The number of fused-ring (bicyclic) bond motifs is 3. The Kier molecular flexibility index (Phi) is 3.54. The van der Waals surface area contributed by atoms with Gasteiger partial charge in [-0.2, -0.15) is 0 Å². The number of aryl methyl sites for hydroxylation is 2. The molecule has 0 aliphatic carbocycles. The van der Waals surface area contributed by atoms with Gasteiger partial charge in [0, 0.05) is 0 Å². The van der Waals surface area contributed by atoms with Gasteiger partial charge in [0.25, 0.3) is 5.56 Å². The van der Waals surface area contributed by atoms with Gasteiger partial charge in [-0.3, -0.25) is 4.79 Å². The largest absolute Gasteiger partial charge is 0.274 e. The number of aromatic nitrogens is 2. The summed E-state index contributed by atoms with van der Waals surface area (Å²) in [6.07, 6.45) is 5.78. The van der Waals surface area contributed by atoms with Crippen LogP contribution in [0.3, 0.4) is 0 Å². The van der Waals surface area contributed by atoms with Crippen LogP contribution < -0.4 is 10.1 Å². The van der Waals surface area contributed by atoms with Gasteiger partial charge in [-0.15, -0.1) is 0 Å². The van der Waals surface area contributed by atoms with Crippen LogP contribution >= 0.6 is 11.3 Å². The van der Waals surface area contributed by atoms with Crippen molar-refractivity contribution in [1.29, 1.82) is 0 Å². The maximum atomic E-state index is 12.7. The van der Waals surface area contributed by atoms with Crippen molar-refractivity contribution in [3.05, 3.63) is 80.1 Å². The average Bonchev–Trinajstić information content (AvgIpc) is 3.07. The van der Waals surface area contributed by atoms with Crippen LogP contribution in [0, 0.1) is 13.8 Å². The quantitative estimate of drug-likeness (QED) is 0.560. The molecule has 0 radical (unpaired) electrons. The van der Waals surface area contributed by atoms with E-state index in [2.05, 4.69) is 11.1 Å². The monoisotopic (exact) mass is 332 g/mol. The van der Waals surface area contributed by atoms with Crippen molar-refractivity contribution in [2.24, 2.45) is 0 Å². The fourth-order valence-electron chi connectivity index (χ4n) is 2.94. The number of imidazole rings is 1. The maximum absolute atomic E-state index is 12.7. The molecular formula is C20H16N2OS. The molecule has 0 saturated carbocycles. The molecule has 0 bridgehead atoms. The highest BCUT2D eigenvalue weighted by atomic mass is 32.1. The predicted molar refractivity (Wildman–Crippen MR) is 101 cm³/mol. The summed E-state index contributed by atoms with van der Waals surface area (Å²) in [7, 11) is 0. The third kappa shape index (κ3) is 2.45. The normalized spacial score (nSPS) is 12.8. The molecule has 118 valence electrons. The zero-order valence-corrected chi connectivity index (χ0v) is 14.3. The van der Waals surface area contributed by atoms with Crippen molar-refractivity contribution < 1.29 is 0 Å². The van der Waals surface area contributed by atoms with Gasteiger partial charge in [0.15, 0.2) is 4.96 Å². The fraction of sp³-hybridized carbons (Fsp3) is 0.100. The van der Waals surface area contributed by atoms with Crippen LogP contribution in [-0.2, 0) is 0 Å². The van der Waals surface area contributed by atoms with Crippen molar-refractivity contribution in [2.45, 2.75) is 13.8 Å². The lowest BCUT2D eigenvalue weighted by Crippen LogP contribution is -2.22. The second kappa shape index (κ2) is 5.73. The molecule has 24 heavy (non-hydrogen) atoms. The van der Waals surface area contributed by atoms with Crippen molar-refractivity contribution in [2.75, 3.05) is 0 Å². The lowest BCUT2D eigenvalue weighted by molar-refractivity contribution is 1.19. The number of hydrogen-bond acceptors (Lipinski definition) is 3. The van der Waals surface area contributed by atoms with Gasteiger partial charge in [0.1, 0.15) is 0 Å². The average molecular weight is 332 g/mol. The van der Waals surface area contributed by atoms with Gasteiger partial charge in [0.2, 0.25) is 0 Å². The summed E-state index contributed by atoms with van der Waals surface area (Å²) in [5.41, 5.74) is 5.17. The van der Waals surface area contributed by atoms with E-state index in [1.54, 1.807) is 4.40 Å². The number of benzene rings is 2. The Morgan fingerprint density at radius 3 is 2.71 bits per heavy atom. The Morgan fingerprint density at radius 1 is 1.12 bits per heavy atom. The summed E-state index contributed by atoms with van der Waals surface area (Å²) in [5.74, 6) is 0. The number of hydrogen-bond donors (Lipinski definition) is 0. The van der Waals surface area contributed by atoms with Gasteiger partial charge < -0.3 is 0 Å². The molecular weight excluding hydrogens is 316 g/mol. The maximum Gasteiger partial charge on any atom is 0.274 e.